The first kappa shape index (κ1) is 12.9. The van der Waals surface area contributed by atoms with E-state index in [0.29, 0.717) is 5.56 Å². The van der Waals surface area contributed by atoms with Gasteiger partial charge in [0.05, 0.1) is 17.8 Å². The van der Waals surface area contributed by atoms with E-state index in [-0.39, 0.29) is 34.8 Å². The van der Waals surface area contributed by atoms with Crippen LogP contribution in [0.1, 0.15) is 11.1 Å². The number of carbonyl (C=O) groups is 1. The SMILES string of the molecule is Cc1ccc(N2C(=O)Cc3cc4ocnc4c(F)c32)c(F)c1. The van der Waals surface area contributed by atoms with Crippen molar-refractivity contribution in [2.75, 3.05) is 4.90 Å². The number of amides is 1. The van der Waals surface area contributed by atoms with Crippen LogP contribution in [0.3, 0.4) is 0 Å². The Kier molecular flexibility index (Phi) is 2.57. The second-order valence-corrected chi connectivity index (χ2v) is 5.26. The Morgan fingerprint density at radius 1 is 1.27 bits per heavy atom. The Morgan fingerprint density at radius 2 is 2.09 bits per heavy atom. The summed E-state index contributed by atoms with van der Waals surface area (Å²) < 4.78 is 34.0. The molecule has 0 unspecified atom stereocenters. The lowest BCUT2D eigenvalue weighted by molar-refractivity contribution is -0.116. The van der Waals surface area contributed by atoms with E-state index in [4.69, 9.17) is 4.42 Å². The number of aryl methyl sites for hydroxylation is 1. The second-order valence-electron chi connectivity index (χ2n) is 5.26. The minimum Gasteiger partial charge on any atom is -0.443 e. The van der Waals surface area contributed by atoms with Gasteiger partial charge in [-0.05, 0) is 36.2 Å². The summed E-state index contributed by atoms with van der Waals surface area (Å²) in [7, 11) is 0. The minimum absolute atomic E-state index is 0.00376. The number of oxazole rings is 1. The lowest BCUT2D eigenvalue weighted by atomic mass is 10.1. The third-order valence-corrected chi connectivity index (χ3v) is 3.78. The van der Waals surface area contributed by atoms with Gasteiger partial charge < -0.3 is 4.42 Å². The Hall–Kier alpha value is -2.76. The molecule has 0 spiro atoms. The van der Waals surface area contributed by atoms with Crippen LogP contribution < -0.4 is 4.90 Å². The smallest absolute Gasteiger partial charge is 0.236 e. The first-order valence-electron chi connectivity index (χ1n) is 6.70. The average molecular weight is 300 g/mol. The molecule has 1 amide bonds. The van der Waals surface area contributed by atoms with E-state index in [1.54, 1.807) is 19.1 Å². The molecule has 22 heavy (non-hydrogen) atoms. The van der Waals surface area contributed by atoms with Gasteiger partial charge in [-0.15, -0.1) is 0 Å². The average Bonchev–Trinajstić information content (AvgIpc) is 3.04. The van der Waals surface area contributed by atoms with Gasteiger partial charge in [-0.1, -0.05) is 6.07 Å². The fraction of sp³-hybridized carbons (Fsp3) is 0.125. The molecule has 2 aromatic carbocycles. The molecule has 0 radical (unpaired) electrons. The standard InChI is InChI=1S/C16H10F2N2O2/c1-8-2-3-11(10(17)4-8)20-13(21)6-9-5-12-15(19-7-22-12)14(18)16(9)20/h2-5,7H,6H2,1H3. The summed E-state index contributed by atoms with van der Waals surface area (Å²) in [5.74, 6) is -1.63. The molecule has 0 saturated heterocycles. The van der Waals surface area contributed by atoms with Crippen LogP contribution in [0.4, 0.5) is 20.2 Å². The van der Waals surface area contributed by atoms with Crippen molar-refractivity contribution >= 4 is 28.4 Å². The van der Waals surface area contributed by atoms with Crippen molar-refractivity contribution in [2.24, 2.45) is 0 Å². The van der Waals surface area contributed by atoms with Gasteiger partial charge in [0.15, 0.2) is 17.8 Å². The number of anilines is 2. The maximum absolute atomic E-state index is 14.7. The predicted octanol–water partition coefficient (Wildman–Crippen LogP) is 3.64. The Morgan fingerprint density at radius 3 is 2.86 bits per heavy atom. The molecule has 110 valence electrons. The quantitative estimate of drug-likeness (QED) is 0.689. The summed E-state index contributed by atoms with van der Waals surface area (Å²) in [6.07, 6.45) is 1.14. The molecule has 4 nitrogen and oxygen atoms in total. The number of hydrogen-bond acceptors (Lipinski definition) is 3. The normalized spacial score (nSPS) is 14.0. The molecule has 0 bridgehead atoms. The van der Waals surface area contributed by atoms with Crippen LogP contribution in [0.2, 0.25) is 0 Å². The van der Waals surface area contributed by atoms with E-state index in [9.17, 15) is 13.6 Å². The maximum atomic E-state index is 14.7. The van der Waals surface area contributed by atoms with Gasteiger partial charge >= 0.3 is 0 Å². The lowest BCUT2D eigenvalue weighted by Gasteiger charge is -2.19. The minimum atomic E-state index is -0.674. The van der Waals surface area contributed by atoms with Gasteiger partial charge in [-0.3, -0.25) is 9.69 Å². The fourth-order valence-corrected chi connectivity index (χ4v) is 2.79. The van der Waals surface area contributed by atoms with Gasteiger partial charge in [0.2, 0.25) is 5.91 Å². The Balaban J connectivity index is 1.98. The zero-order valence-corrected chi connectivity index (χ0v) is 11.6. The third-order valence-electron chi connectivity index (χ3n) is 3.78. The number of halogens is 2. The van der Waals surface area contributed by atoms with Crippen molar-refractivity contribution in [1.82, 2.24) is 4.98 Å². The highest BCUT2D eigenvalue weighted by molar-refractivity contribution is 6.09. The summed E-state index contributed by atoms with van der Waals surface area (Å²) >= 11 is 0. The van der Waals surface area contributed by atoms with Crippen LogP contribution >= 0.6 is 0 Å². The monoisotopic (exact) mass is 300 g/mol. The number of aromatic nitrogens is 1. The predicted molar refractivity (Wildman–Crippen MR) is 76.0 cm³/mol. The topological polar surface area (TPSA) is 46.3 Å². The fourth-order valence-electron chi connectivity index (χ4n) is 2.79. The van der Waals surface area contributed by atoms with Gasteiger partial charge in [0.1, 0.15) is 11.3 Å². The molecular weight excluding hydrogens is 290 g/mol. The number of benzene rings is 2. The molecule has 2 heterocycles. The van der Waals surface area contributed by atoms with E-state index in [2.05, 4.69) is 4.98 Å². The highest BCUT2D eigenvalue weighted by atomic mass is 19.1. The van der Waals surface area contributed by atoms with Gasteiger partial charge in [0, 0.05) is 0 Å². The van der Waals surface area contributed by atoms with Crippen LogP contribution in [0.25, 0.3) is 11.1 Å². The molecule has 3 aromatic rings. The maximum Gasteiger partial charge on any atom is 0.236 e. The van der Waals surface area contributed by atoms with Crippen molar-refractivity contribution in [3.05, 3.63) is 53.4 Å². The van der Waals surface area contributed by atoms with Crippen molar-refractivity contribution in [2.45, 2.75) is 13.3 Å². The zero-order chi connectivity index (χ0) is 15.4. The first-order chi connectivity index (χ1) is 10.6. The molecule has 6 heteroatoms. The van der Waals surface area contributed by atoms with Crippen LogP contribution in [0.5, 0.6) is 0 Å². The van der Waals surface area contributed by atoms with E-state index >= 15 is 0 Å². The summed E-state index contributed by atoms with van der Waals surface area (Å²) in [4.78, 5) is 17.2. The van der Waals surface area contributed by atoms with E-state index < -0.39 is 11.6 Å². The van der Waals surface area contributed by atoms with E-state index in [1.165, 1.54) is 12.1 Å². The first-order valence-corrected chi connectivity index (χ1v) is 6.70. The van der Waals surface area contributed by atoms with E-state index in [0.717, 1.165) is 16.9 Å². The van der Waals surface area contributed by atoms with Crippen molar-refractivity contribution < 1.29 is 18.0 Å². The molecule has 0 atom stereocenters. The van der Waals surface area contributed by atoms with Crippen LogP contribution in [0.15, 0.2) is 35.1 Å². The number of rotatable bonds is 1. The third kappa shape index (κ3) is 1.67. The van der Waals surface area contributed by atoms with E-state index in [1.807, 2.05) is 0 Å². The highest BCUT2D eigenvalue weighted by Crippen LogP contribution is 2.41. The molecule has 4 rings (SSSR count). The molecule has 0 N–H and O–H groups in total. The summed E-state index contributed by atoms with van der Waals surface area (Å²) in [5, 5.41) is 0. The van der Waals surface area contributed by atoms with Crippen molar-refractivity contribution in [1.29, 1.82) is 0 Å². The largest absolute Gasteiger partial charge is 0.443 e. The van der Waals surface area contributed by atoms with Crippen LogP contribution in [-0.2, 0) is 11.2 Å². The highest BCUT2D eigenvalue weighted by Gasteiger charge is 2.35. The molecule has 0 fully saturated rings. The molecule has 1 aliphatic heterocycles. The Labute approximate surface area is 124 Å². The van der Waals surface area contributed by atoms with Gasteiger partial charge in [-0.25, -0.2) is 13.8 Å². The number of carbonyl (C=O) groups excluding carboxylic acids is 1. The number of fused-ring (bicyclic) bond motifs is 2. The number of nitrogens with zero attached hydrogens (tertiary/aromatic N) is 2. The van der Waals surface area contributed by atoms with Crippen molar-refractivity contribution in [3.8, 4) is 0 Å². The lowest BCUT2D eigenvalue weighted by Crippen LogP contribution is -2.22. The van der Waals surface area contributed by atoms with Gasteiger partial charge in [0.25, 0.3) is 0 Å². The molecule has 1 aromatic heterocycles. The molecule has 1 aliphatic rings. The summed E-state index contributed by atoms with van der Waals surface area (Å²) in [6, 6.07) is 6.04. The van der Waals surface area contributed by atoms with Gasteiger partial charge in [-0.2, -0.15) is 0 Å². The van der Waals surface area contributed by atoms with Crippen molar-refractivity contribution in [3.63, 3.8) is 0 Å². The summed E-state index contributed by atoms with van der Waals surface area (Å²) in [5.41, 5.74) is 1.58. The number of hydrogen-bond donors (Lipinski definition) is 0. The molecule has 0 aliphatic carbocycles. The second kappa shape index (κ2) is 4.37. The van der Waals surface area contributed by atoms with Crippen LogP contribution in [-0.4, -0.2) is 10.9 Å². The molecule has 0 saturated carbocycles. The zero-order valence-electron chi connectivity index (χ0n) is 11.6. The van der Waals surface area contributed by atoms with Crippen LogP contribution in [0, 0.1) is 18.6 Å². The Bertz CT molecular complexity index is 933. The molecular formula is C16H10F2N2O2. The summed E-state index contributed by atoms with van der Waals surface area (Å²) in [6.45, 7) is 1.74.